The number of ketones is 2. The largest absolute Gasteiger partial charge is 0.490 e. The van der Waals surface area contributed by atoms with Gasteiger partial charge in [0.05, 0.1) is 6.61 Å². The molecule has 0 aliphatic carbocycles. The van der Waals surface area contributed by atoms with Crippen molar-refractivity contribution >= 4 is 52.9 Å². The maximum absolute atomic E-state index is 12.6. The van der Waals surface area contributed by atoms with Crippen molar-refractivity contribution in [1.82, 2.24) is 5.01 Å². The van der Waals surface area contributed by atoms with Crippen LogP contribution in [-0.4, -0.2) is 91.2 Å². The Bertz CT molecular complexity index is 1270. The first-order valence-electron chi connectivity index (χ1n) is 9.77. The fraction of sp³-hybridized carbons (Fsp3) is 0.571. The molecule has 0 radical (unpaired) electrons. The van der Waals surface area contributed by atoms with E-state index in [9.17, 15) is 47.5 Å². The Morgan fingerprint density at radius 2 is 1.56 bits per heavy atom. The molecule has 1 fully saturated rings. The van der Waals surface area contributed by atoms with Crippen molar-refractivity contribution in [3.8, 4) is 6.07 Å². The van der Waals surface area contributed by atoms with Gasteiger partial charge in [-0.05, 0) is 0 Å². The summed E-state index contributed by atoms with van der Waals surface area (Å²) in [5, 5.41) is 15.4. The van der Waals surface area contributed by atoms with Crippen LogP contribution < -0.4 is 0 Å². The molecule has 1 amide bonds. The first kappa shape index (κ1) is 32.4. The summed E-state index contributed by atoms with van der Waals surface area (Å²) in [6.07, 6.45) is -7.39. The summed E-state index contributed by atoms with van der Waals surface area (Å²) >= 11 is 0. The SMILES string of the molecule is CC(=O)OC1C(COP(=O)(O)OP(=O)(O)OP(=O)(O)O)OC(N2N=NC(C(=O)C#N)C(=O)C2=O)C1OC(C)=O. The van der Waals surface area contributed by atoms with Crippen molar-refractivity contribution in [2.24, 2.45) is 10.3 Å². The number of amides is 1. The zero-order chi connectivity index (χ0) is 29.9. The van der Waals surface area contributed by atoms with Gasteiger partial charge in [0.1, 0.15) is 12.2 Å². The van der Waals surface area contributed by atoms with Gasteiger partial charge in [0.25, 0.3) is 11.6 Å². The summed E-state index contributed by atoms with van der Waals surface area (Å²) in [5.41, 5.74) is 0. The molecule has 22 nitrogen and oxygen atoms in total. The number of phosphoric ester groups is 1. The third kappa shape index (κ3) is 8.86. The smallest absolute Gasteiger partial charge is 0.456 e. The van der Waals surface area contributed by atoms with Crippen molar-refractivity contribution in [3.05, 3.63) is 0 Å². The van der Waals surface area contributed by atoms with Gasteiger partial charge in [0.2, 0.25) is 6.04 Å². The molecule has 7 unspecified atom stereocenters. The molecule has 2 heterocycles. The molecule has 0 aromatic rings. The van der Waals surface area contributed by atoms with Gasteiger partial charge in [-0.3, -0.25) is 28.5 Å². The highest BCUT2D eigenvalue weighted by Gasteiger charge is 2.56. The topological polar surface area (TPSA) is 325 Å². The molecule has 0 aromatic carbocycles. The molecule has 0 spiro atoms. The van der Waals surface area contributed by atoms with Gasteiger partial charge in [0.15, 0.2) is 18.4 Å². The van der Waals surface area contributed by atoms with Crippen molar-refractivity contribution < 1.29 is 84.6 Å². The van der Waals surface area contributed by atoms with Crippen molar-refractivity contribution in [2.75, 3.05) is 6.61 Å². The lowest BCUT2D eigenvalue weighted by molar-refractivity contribution is -0.175. The Morgan fingerprint density at radius 1 is 1.00 bits per heavy atom. The number of Topliss-reactive ketones (excluding diaryl/α,β-unsaturated/α-hetero) is 2. The monoisotopic (exact) mass is 622 g/mol. The van der Waals surface area contributed by atoms with Gasteiger partial charge in [0, 0.05) is 13.8 Å². The van der Waals surface area contributed by atoms with E-state index in [2.05, 4.69) is 23.5 Å². The van der Waals surface area contributed by atoms with Crippen LogP contribution in [0, 0.1) is 11.3 Å². The van der Waals surface area contributed by atoms with Crippen molar-refractivity contribution in [2.45, 2.75) is 44.4 Å². The number of esters is 2. The number of hydrogen-bond donors (Lipinski definition) is 4. The van der Waals surface area contributed by atoms with E-state index < -0.39 is 90.1 Å². The summed E-state index contributed by atoms with van der Waals surface area (Å²) in [4.78, 5) is 95.7. The first-order valence-corrected chi connectivity index (χ1v) is 14.3. The Kier molecular flexibility index (Phi) is 10.1. The first-order chi connectivity index (χ1) is 17.8. The molecule has 25 heteroatoms. The highest BCUT2D eigenvalue weighted by molar-refractivity contribution is 7.66. The Hall–Kier alpha value is -2.79. The summed E-state index contributed by atoms with van der Waals surface area (Å²) < 4.78 is 61.2. The molecule has 216 valence electrons. The number of hydrogen-bond acceptors (Lipinski definition) is 17. The van der Waals surface area contributed by atoms with E-state index in [1.54, 1.807) is 0 Å². The zero-order valence-electron chi connectivity index (χ0n) is 19.2. The molecule has 4 N–H and O–H groups in total. The molecule has 2 rings (SSSR count). The van der Waals surface area contributed by atoms with E-state index in [4.69, 9.17) is 29.3 Å². The van der Waals surface area contributed by atoms with E-state index in [-0.39, 0.29) is 5.01 Å². The van der Waals surface area contributed by atoms with Crippen LogP contribution in [0.15, 0.2) is 10.3 Å². The predicted octanol–water partition coefficient (Wildman–Crippen LogP) is -1.84. The van der Waals surface area contributed by atoms with Crippen molar-refractivity contribution in [1.29, 1.82) is 5.26 Å². The molecule has 0 bridgehead atoms. The van der Waals surface area contributed by atoms with Gasteiger partial charge in [-0.2, -0.15) is 18.9 Å². The van der Waals surface area contributed by atoms with Crippen LogP contribution >= 0.6 is 23.5 Å². The van der Waals surface area contributed by atoms with Crippen molar-refractivity contribution in [3.63, 3.8) is 0 Å². The van der Waals surface area contributed by atoms with Gasteiger partial charge in [-0.1, -0.05) is 5.22 Å². The average Bonchev–Trinajstić information content (AvgIpc) is 3.07. The van der Waals surface area contributed by atoms with Crippen LogP contribution in [0.2, 0.25) is 0 Å². The van der Waals surface area contributed by atoms with Gasteiger partial charge >= 0.3 is 41.3 Å². The number of phosphoric acid groups is 3. The van der Waals surface area contributed by atoms with Crippen LogP contribution in [0.1, 0.15) is 13.8 Å². The number of ether oxygens (including phenoxy) is 3. The molecular weight excluding hydrogens is 605 g/mol. The number of nitrogens with zero attached hydrogens (tertiary/aromatic N) is 4. The Balaban J connectivity index is 2.35. The average molecular weight is 622 g/mol. The van der Waals surface area contributed by atoms with E-state index in [0.29, 0.717) is 0 Å². The fourth-order valence-electron chi connectivity index (χ4n) is 2.99. The molecule has 1 saturated heterocycles. The third-order valence-electron chi connectivity index (χ3n) is 4.24. The van der Waals surface area contributed by atoms with Crippen LogP contribution in [0.5, 0.6) is 0 Å². The van der Waals surface area contributed by atoms with Crippen LogP contribution in [0.3, 0.4) is 0 Å². The molecular formula is C14H17N4O18P3. The minimum absolute atomic E-state index is 0.165. The van der Waals surface area contributed by atoms with E-state index in [1.807, 2.05) is 0 Å². The van der Waals surface area contributed by atoms with Crippen LogP contribution in [0.25, 0.3) is 0 Å². The minimum Gasteiger partial charge on any atom is -0.456 e. The highest BCUT2D eigenvalue weighted by atomic mass is 31.3. The van der Waals surface area contributed by atoms with Gasteiger partial charge < -0.3 is 33.8 Å². The lowest BCUT2D eigenvalue weighted by Gasteiger charge is -2.29. The Morgan fingerprint density at radius 3 is 2.08 bits per heavy atom. The van der Waals surface area contributed by atoms with Crippen LogP contribution in [-0.2, 0) is 65.0 Å². The lowest BCUT2D eigenvalue weighted by Crippen LogP contribution is -2.53. The predicted molar refractivity (Wildman–Crippen MR) is 111 cm³/mol. The van der Waals surface area contributed by atoms with E-state index >= 15 is 0 Å². The van der Waals surface area contributed by atoms with E-state index in [1.165, 1.54) is 0 Å². The number of nitriles is 1. The maximum Gasteiger partial charge on any atom is 0.490 e. The lowest BCUT2D eigenvalue weighted by atomic mass is 10.1. The summed E-state index contributed by atoms with van der Waals surface area (Å²) in [6.45, 7) is 0.497. The maximum atomic E-state index is 12.6. The molecule has 39 heavy (non-hydrogen) atoms. The van der Waals surface area contributed by atoms with E-state index in [0.717, 1.165) is 19.9 Å². The second kappa shape index (κ2) is 12.2. The number of carbonyl (C=O) groups excluding carboxylic acids is 5. The molecule has 0 saturated carbocycles. The minimum atomic E-state index is -5.90. The molecule has 2 aliphatic heterocycles. The second-order valence-electron chi connectivity index (χ2n) is 7.20. The number of carbonyl (C=O) groups is 5. The fourth-order valence-corrected chi connectivity index (χ4v) is 6.02. The second-order valence-corrected chi connectivity index (χ2v) is 11.6. The molecule has 2 aliphatic rings. The summed E-state index contributed by atoms with van der Waals surface area (Å²) in [5.74, 6) is -6.68. The van der Waals surface area contributed by atoms with Gasteiger partial charge in [-0.15, -0.1) is 5.11 Å². The molecule has 7 atom stereocenters. The summed E-state index contributed by atoms with van der Waals surface area (Å²) in [6, 6.07) is -1.01. The summed E-state index contributed by atoms with van der Waals surface area (Å²) in [7, 11) is -17.3. The highest BCUT2D eigenvalue weighted by Crippen LogP contribution is 2.66. The number of rotatable bonds is 11. The third-order valence-corrected chi connectivity index (χ3v) is 8.04. The Labute approximate surface area is 215 Å². The molecule has 0 aromatic heterocycles. The standard InChI is InChI=1S/C14H17N4O18P3/c1-5(19)32-11-8(4-31-38(27,28)36-39(29,30)35-37(24,25)26)34-14(12(11)33-6(2)20)18-13(23)10(22)9(16-17-18)7(21)3-15/h8-9,11-12,14H,4H2,1-2H3,(H,27,28)(H,29,30)(H2,24,25,26). The quantitative estimate of drug-likeness (QED) is 0.0646. The zero-order valence-corrected chi connectivity index (χ0v) is 21.9. The van der Waals surface area contributed by atoms with Gasteiger partial charge in [-0.25, -0.2) is 13.7 Å². The van der Waals surface area contributed by atoms with Crippen LogP contribution in [0.4, 0.5) is 0 Å². The normalized spacial score (nSPS) is 28.2.